The van der Waals surface area contributed by atoms with E-state index in [-0.39, 0.29) is 11.8 Å². The fraction of sp³-hybridized carbons (Fsp3) is 0.500. The molecule has 31 heavy (non-hydrogen) atoms. The number of hydrogen-bond acceptors (Lipinski definition) is 9. The summed E-state index contributed by atoms with van der Waals surface area (Å²) in [5.41, 5.74) is 20.8. The number of nitrogen functional groups attached to an aromatic ring is 2. The Bertz CT molecular complexity index is 1020. The van der Waals surface area contributed by atoms with Gasteiger partial charge in [-0.2, -0.15) is 0 Å². The van der Waals surface area contributed by atoms with E-state index >= 15 is 0 Å². The van der Waals surface area contributed by atoms with Gasteiger partial charge in [0.2, 0.25) is 11.7 Å². The van der Waals surface area contributed by atoms with Crippen molar-refractivity contribution in [2.45, 2.75) is 51.0 Å². The van der Waals surface area contributed by atoms with Crippen LogP contribution in [0.15, 0.2) is 24.0 Å². The van der Waals surface area contributed by atoms with E-state index in [1.165, 1.54) is 22.3 Å². The third-order valence-corrected chi connectivity index (χ3v) is 7.57. The average molecular weight is 442 g/mol. The molecule has 2 aromatic heterocycles. The molecule has 2 aliphatic rings. The van der Waals surface area contributed by atoms with Crippen molar-refractivity contribution in [3.63, 3.8) is 0 Å². The molecule has 1 saturated heterocycles. The normalized spacial score (nSPS) is 24.5. The first-order valence-corrected chi connectivity index (χ1v) is 11.6. The van der Waals surface area contributed by atoms with Crippen molar-refractivity contribution in [3.8, 4) is 0 Å². The van der Waals surface area contributed by atoms with Gasteiger partial charge >= 0.3 is 0 Å². The molecule has 0 spiro atoms. The van der Waals surface area contributed by atoms with Gasteiger partial charge in [0.05, 0.1) is 5.69 Å². The Hall–Kier alpha value is -2.65. The monoisotopic (exact) mass is 441 g/mol. The van der Waals surface area contributed by atoms with Crippen LogP contribution in [-0.4, -0.2) is 41.4 Å². The number of fused-ring (bicyclic) bond motifs is 1. The maximum atomic E-state index is 13.1. The quantitative estimate of drug-likeness (QED) is 0.419. The van der Waals surface area contributed by atoms with E-state index in [0.29, 0.717) is 28.0 Å². The highest BCUT2D eigenvalue weighted by Gasteiger charge is 2.39. The molecule has 0 saturated carbocycles. The van der Waals surface area contributed by atoms with Gasteiger partial charge in [-0.15, -0.1) is 11.3 Å². The summed E-state index contributed by atoms with van der Waals surface area (Å²) >= 11 is 1.53. The Kier molecular flexibility index (Phi) is 5.90. The summed E-state index contributed by atoms with van der Waals surface area (Å²) in [5, 5.41) is 4.03. The highest BCUT2D eigenvalue weighted by Crippen LogP contribution is 2.49. The third kappa shape index (κ3) is 3.99. The Labute approximate surface area is 186 Å². The van der Waals surface area contributed by atoms with E-state index in [0.717, 1.165) is 50.9 Å². The van der Waals surface area contributed by atoms with E-state index in [9.17, 15) is 4.79 Å². The van der Waals surface area contributed by atoms with Crippen molar-refractivity contribution in [1.82, 2.24) is 15.3 Å². The van der Waals surface area contributed by atoms with Crippen LogP contribution in [0.2, 0.25) is 0 Å². The van der Waals surface area contributed by atoms with Gasteiger partial charge in [0.25, 0.3) is 0 Å². The van der Waals surface area contributed by atoms with Crippen LogP contribution in [0, 0.1) is 0 Å². The number of ketones is 1. The molecular formula is C22H31N7OS. The van der Waals surface area contributed by atoms with Gasteiger partial charge in [0.1, 0.15) is 10.7 Å². The SMILES string of the molecule is C[C@H]1CNCCCN1c1nccc(C(=O)C=C(N)[C@@]2(C)CCCc3sc(N)c(N)c32)n1. The molecule has 0 radical (unpaired) electrons. The second kappa shape index (κ2) is 8.47. The molecule has 4 rings (SSSR count). The van der Waals surface area contributed by atoms with Gasteiger partial charge in [0.15, 0.2) is 0 Å². The molecule has 0 bridgehead atoms. The zero-order valence-electron chi connectivity index (χ0n) is 18.1. The molecule has 2 aromatic rings. The lowest BCUT2D eigenvalue weighted by molar-refractivity contribution is 0.104. The maximum Gasteiger partial charge on any atom is 0.226 e. The Morgan fingerprint density at radius 3 is 3.00 bits per heavy atom. The molecular weight excluding hydrogens is 410 g/mol. The van der Waals surface area contributed by atoms with Crippen LogP contribution in [0.1, 0.15) is 54.0 Å². The van der Waals surface area contributed by atoms with Crippen molar-refractivity contribution >= 4 is 33.8 Å². The molecule has 9 heteroatoms. The van der Waals surface area contributed by atoms with E-state index < -0.39 is 5.41 Å². The molecule has 0 amide bonds. The highest BCUT2D eigenvalue weighted by molar-refractivity contribution is 7.16. The summed E-state index contributed by atoms with van der Waals surface area (Å²) in [6.07, 6.45) is 6.89. The van der Waals surface area contributed by atoms with Crippen LogP contribution >= 0.6 is 11.3 Å². The summed E-state index contributed by atoms with van der Waals surface area (Å²) in [5.74, 6) is 0.354. The average Bonchev–Trinajstić information content (AvgIpc) is 2.90. The van der Waals surface area contributed by atoms with Crippen LogP contribution < -0.4 is 27.4 Å². The van der Waals surface area contributed by atoms with Gasteiger partial charge in [-0.1, -0.05) is 0 Å². The van der Waals surface area contributed by atoms with Gasteiger partial charge in [-0.05, 0) is 52.1 Å². The Balaban J connectivity index is 1.63. The standard InChI is InChI=1S/C22H31N7OS/c1-13-12-26-8-4-10-29(13)21-27-9-6-14(28-21)15(30)11-17(23)22(2)7-3-5-16-18(22)19(24)20(25)31-16/h6,9,11,13,26H,3-5,7-8,10,12,23-25H2,1-2H3/t13-,22+/m0/s1. The predicted octanol–water partition coefficient (Wildman–Crippen LogP) is 2.21. The van der Waals surface area contributed by atoms with Crippen LogP contribution in [0.3, 0.4) is 0 Å². The van der Waals surface area contributed by atoms with Gasteiger partial charge < -0.3 is 27.4 Å². The number of aromatic nitrogens is 2. The fourth-order valence-corrected chi connectivity index (χ4v) is 5.78. The molecule has 3 heterocycles. The first kappa shape index (κ1) is 21.6. The first-order valence-electron chi connectivity index (χ1n) is 10.8. The number of nitrogens with one attached hydrogen (secondary N) is 1. The number of anilines is 3. The van der Waals surface area contributed by atoms with Crippen molar-refractivity contribution < 1.29 is 4.79 Å². The second-order valence-corrected chi connectivity index (χ2v) is 9.81. The van der Waals surface area contributed by atoms with Crippen LogP contribution in [-0.2, 0) is 11.8 Å². The van der Waals surface area contributed by atoms with E-state index in [1.807, 2.05) is 6.92 Å². The van der Waals surface area contributed by atoms with Crippen molar-refractivity contribution in [1.29, 1.82) is 0 Å². The smallest absolute Gasteiger partial charge is 0.226 e. The number of hydrogen-bond donors (Lipinski definition) is 4. The molecule has 1 fully saturated rings. The zero-order chi connectivity index (χ0) is 22.2. The largest absolute Gasteiger partial charge is 0.401 e. The van der Waals surface area contributed by atoms with E-state index in [2.05, 4.69) is 27.1 Å². The molecule has 166 valence electrons. The van der Waals surface area contributed by atoms with Crippen molar-refractivity contribution in [2.24, 2.45) is 5.73 Å². The third-order valence-electron chi connectivity index (χ3n) is 6.48. The predicted molar refractivity (Wildman–Crippen MR) is 126 cm³/mol. The topological polar surface area (TPSA) is 136 Å². The number of carbonyl (C=O) groups excluding carboxylic acids is 1. The van der Waals surface area contributed by atoms with Crippen molar-refractivity contribution in [2.75, 3.05) is 36.0 Å². The van der Waals surface area contributed by atoms with E-state index in [4.69, 9.17) is 17.2 Å². The van der Waals surface area contributed by atoms with Crippen molar-refractivity contribution in [3.05, 3.63) is 40.2 Å². The van der Waals surface area contributed by atoms with Gasteiger partial charge in [0, 0.05) is 53.0 Å². The fourth-order valence-electron chi connectivity index (χ4n) is 4.62. The highest BCUT2D eigenvalue weighted by atomic mass is 32.1. The van der Waals surface area contributed by atoms with Gasteiger partial charge in [-0.25, -0.2) is 9.97 Å². The number of nitrogens with zero attached hydrogens (tertiary/aromatic N) is 3. The lowest BCUT2D eigenvalue weighted by Crippen LogP contribution is -2.38. The number of aryl methyl sites for hydroxylation is 1. The number of carbonyl (C=O) groups is 1. The number of thiophene rings is 1. The molecule has 1 aliphatic carbocycles. The molecule has 0 aromatic carbocycles. The van der Waals surface area contributed by atoms with Crippen LogP contribution in [0.5, 0.6) is 0 Å². The summed E-state index contributed by atoms with van der Waals surface area (Å²) in [6.45, 7) is 6.86. The molecule has 8 nitrogen and oxygen atoms in total. The summed E-state index contributed by atoms with van der Waals surface area (Å²) in [7, 11) is 0. The molecule has 7 N–H and O–H groups in total. The maximum absolute atomic E-state index is 13.1. The minimum absolute atomic E-state index is 0.225. The number of nitrogens with two attached hydrogens (primary N) is 3. The summed E-state index contributed by atoms with van der Waals surface area (Å²) in [6, 6.07) is 1.89. The lowest BCUT2D eigenvalue weighted by atomic mass is 9.71. The second-order valence-electron chi connectivity index (χ2n) is 8.67. The van der Waals surface area contributed by atoms with Crippen LogP contribution in [0.4, 0.5) is 16.6 Å². The minimum Gasteiger partial charge on any atom is -0.401 e. The van der Waals surface area contributed by atoms with Crippen LogP contribution in [0.25, 0.3) is 0 Å². The zero-order valence-corrected chi connectivity index (χ0v) is 19.0. The molecule has 0 unspecified atom stereocenters. The summed E-state index contributed by atoms with van der Waals surface area (Å²) in [4.78, 5) is 25.4. The lowest BCUT2D eigenvalue weighted by Gasteiger charge is -2.35. The number of rotatable bonds is 4. The first-order chi connectivity index (χ1) is 14.8. The number of allylic oxidation sites excluding steroid dienone is 2. The Morgan fingerprint density at radius 2 is 2.19 bits per heavy atom. The Morgan fingerprint density at radius 1 is 1.39 bits per heavy atom. The van der Waals surface area contributed by atoms with E-state index in [1.54, 1.807) is 12.3 Å². The molecule has 1 aliphatic heterocycles. The minimum atomic E-state index is -0.512. The van der Waals surface area contributed by atoms with Gasteiger partial charge in [-0.3, -0.25) is 4.79 Å². The summed E-state index contributed by atoms with van der Waals surface area (Å²) < 4.78 is 0. The molecule has 2 atom stereocenters.